The van der Waals surface area contributed by atoms with Gasteiger partial charge in [-0.1, -0.05) is 23.0 Å². The van der Waals surface area contributed by atoms with Crippen molar-refractivity contribution in [1.29, 1.82) is 0 Å². The van der Waals surface area contributed by atoms with E-state index in [2.05, 4.69) is 21.9 Å². The molecule has 0 bridgehead atoms. The van der Waals surface area contributed by atoms with E-state index >= 15 is 0 Å². The molecule has 1 aromatic carbocycles. The molecule has 1 rings (SSSR count). The van der Waals surface area contributed by atoms with Gasteiger partial charge in [0.25, 0.3) is 0 Å². The molecular weight excluding hydrogens is 188 g/mol. The van der Waals surface area contributed by atoms with Gasteiger partial charge in [-0.3, -0.25) is 0 Å². The van der Waals surface area contributed by atoms with Gasteiger partial charge in [0.05, 0.1) is 12.2 Å². The molecule has 76 valence electrons. The van der Waals surface area contributed by atoms with Crippen LogP contribution in [0.5, 0.6) is 0 Å². The van der Waals surface area contributed by atoms with E-state index in [0.29, 0.717) is 5.69 Å². The Morgan fingerprint density at radius 1 is 1.47 bits per heavy atom. The van der Waals surface area contributed by atoms with E-state index in [1.807, 2.05) is 26.0 Å². The molecule has 0 fully saturated rings. The van der Waals surface area contributed by atoms with Gasteiger partial charge in [-0.15, -0.1) is 0 Å². The summed E-state index contributed by atoms with van der Waals surface area (Å²) in [7, 11) is 0. The highest BCUT2D eigenvalue weighted by atomic mass is 15.1. The fourth-order valence-electron chi connectivity index (χ4n) is 1.28. The van der Waals surface area contributed by atoms with Gasteiger partial charge >= 0.3 is 0 Å². The second-order valence-corrected chi connectivity index (χ2v) is 3.23. The molecule has 2 N–H and O–H groups in total. The Morgan fingerprint density at radius 3 is 2.87 bits per heavy atom. The van der Waals surface area contributed by atoms with Crippen molar-refractivity contribution in [1.82, 2.24) is 0 Å². The molecular formula is C11H12N4. The van der Waals surface area contributed by atoms with Crippen molar-refractivity contribution in [3.05, 3.63) is 39.3 Å². The highest BCUT2D eigenvalue weighted by molar-refractivity contribution is 5.61. The average Bonchev–Trinajstić information content (AvgIpc) is 2.19. The summed E-state index contributed by atoms with van der Waals surface area (Å²) in [5, 5.41) is 3.33. The first-order valence-corrected chi connectivity index (χ1v) is 4.51. The molecule has 0 saturated carbocycles. The summed E-state index contributed by atoms with van der Waals surface area (Å²) in [4.78, 5) is 2.62. The number of nitrogen functional groups attached to an aromatic ring is 1. The number of benzene rings is 1. The lowest BCUT2D eigenvalue weighted by Crippen LogP contribution is -1.95. The summed E-state index contributed by atoms with van der Waals surface area (Å²) in [5.74, 6) is 5.64. The van der Waals surface area contributed by atoms with E-state index in [4.69, 9.17) is 11.3 Å². The van der Waals surface area contributed by atoms with Crippen LogP contribution in [0.1, 0.15) is 16.7 Å². The van der Waals surface area contributed by atoms with Crippen molar-refractivity contribution in [3.8, 4) is 11.8 Å². The van der Waals surface area contributed by atoms with Crippen LogP contribution in [0.2, 0.25) is 0 Å². The summed E-state index contributed by atoms with van der Waals surface area (Å²) in [5.41, 5.74) is 17.6. The van der Waals surface area contributed by atoms with Gasteiger partial charge in [0, 0.05) is 10.5 Å². The predicted molar refractivity (Wildman–Crippen MR) is 61.2 cm³/mol. The zero-order chi connectivity index (χ0) is 11.3. The van der Waals surface area contributed by atoms with Crippen LogP contribution in [0.15, 0.2) is 17.2 Å². The first-order chi connectivity index (χ1) is 7.15. The van der Waals surface area contributed by atoms with Crippen LogP contribution in [-0.4, -0.2) is 6.54 Å². The molecule has 4 heteroatoms. The lowest BCUT2D eigenvalue weighted by molar-refractivity contribution is 1.25. The van der Waals surface area contributed by atoms with Gasteiger partial charge < -0.3 is 5.73 Å². The van der Waals surface area contributed by atoms with Gasteiger partial charge in [-0.25, -0.2) is 0 Å². The third-order valence-electron chi connectivity index (χ3n) is 1.97. The molecule has 0 aliphatic rings. The number of anilines is 1. The van der Waals surface area contributed by atoms with Gasteiger partial charge in [-0.05, 0) is 36.6 Å². The second-order valence-electron chi connectivity index (χ2n) is 3.23. The quantitative estimate of drug-likeness (QED) is 0.244. The maximum atomic E-state index is 8.07. The number of nitrogens with two attached hydrogens (primary N) is 1. The summed E-state index contributed by atoms with van der Waals surface area (Å²) in [6.07, 6.45) is 0. The van der Waals surface area contributed by atoms with Crippen LogP contribution in [0.4, 0.5) is 5.69 Å². The molecule has 15 heavy (non-hydrogen) atoms. The Bertz CT molecular complexity index is 473. The van der Waals surface area contributed by atoms with Gasteiger partial charge in [0.1, 0.15) is 0 Å². The number of rotatable bonds is 1. The zero-order valence-electron chi connectivity index (χ0n) is 8.78. The maximum Gasteiger partial charge on any atom is 0.0880 e. The molecule has 0 aliphatic carbocycles. The standard InChI is InChI=1S/C11H12N4/c1-8-6-9(2)11(12)10(7-8)4-3-5-14-15-13/h6-7H,5,12H2,1-2H3. The number of azide groups is 1. The van der Waals surface area contributed by atoms with Crippen molar-refractivity contribution in [3.63, 3.8) is 0 Å². The molecule has 0 unspecified atom stereocenters. The van der Waals surface area contributed by atoms with Crippen LogP contribution in [0.3, 0.4) is 0 Å². The summed E-state index contributed by atoms with van der Waals surface area (Å²) < 4.78 is 0. The molecule has 0 aliphatic heterocycles. The van der Waals surface area contributed by atoms with Crippen molar-refractivity contribution in [2.24, 2.45) is 5.11 Å². The predicted octanol–water partition coefficient (Wildman–Crippen LogP) is 2.55. The number of hydrogen-bond donors (Lipinski definition) is 1. The summed E-state index contributed by atoms with van der Waals surface area (Å²) in [6.45, 7) is 4.11. The second kappa shape index (κ2) is 4.94. The minimum atomic E-state index is 0.170. The Morgan fingerprint density at radius 2 is 2.20 bits per heavy atom. The Hall–Kier alpha value is -2.11. The molecule has 1 aromatic rings. The zero-order valence-corrected chi connectivity index (χ0v) is 8.78. The van der Waals surface area contributed by atoms with Crippen LogP contribution in [0.25, 0.3) is 10.4 Å². The monoisotopic (exact) mass is 200 g/mol. The number of hydrogen-bond acceptors (Lipinski definition) is 2. The third kappa shape index (κ3) is 2.94. The minimum absolute atomic E-state index is 0.170. The van der Waals surface area contributed by atoms with Crippen molar-refractivity contribution < 1.29 is 0 Å². The van der Waals surface area contributed by atoms with Crippen LogP contribution in [-0.2, 0) is 0 Å². The third-order valence-corrected chi connectivity index (χ3v) is 1.97. The molecule has 4 nitrogen and oxygen atoms in total. The molecule has 0 amide bonds. The van der Waals surface area contributed by atoms with Crippen molar-refractivity contribution in [2.75, 3.05) is 12.3 Å². The van der Waals surface area contributed by atoms with E-state index in [9.17, 15) is 0 Å². The van der Waals surface area contributed by atoms with Crippen molar-refractivity contribution >= 4 is 5.69 Å². The van der Waals surface area contributed by atoms with E-state index in [0.717, 1.165) is 16.7 Å². The van der Waals surface area contributed by atoms with Gasteiger partial charge in [0.2, 0.25) is 0 Å². The Balaban J connectivity index is 3.02. The lowest BCUT2D eigenvalue weighted by Gasteiger charge is -2.04. The van der Waals surface area contributed by atoms with Crippen LogP contribution in [0, 0.1) is 25.7 Å². The first kappa shape index (κ1) is 11.0. The van der Waals surface area contributed by atoms with Crippen molar-refractivity contribution in [2.45, 2.75) is 13.8 Å². The minimum Gasteiger partial charge on any atom is -0.398 e. The normalized spacial score (nSPS) is 8.67. The Labute approximate surface area is 88.7 Å². The average molecular weight is 200 g/mol. The highest BCUT2D eigenvalue weighted by Gasteiger charge is 1.99. The van der Waals surface area contributed by atoms with E-state index < -0.39 is 0 Å². The van der Waals surface area contributed by atoms with Gasteiger partial charge in [0.15, 0.2) is 0 Å². The fourth-order valence-corrected chi connectivity index (χ4v) is 1.28. The topological polar surface area (TPSA) is 74.8 Å². The van der Waals surface area contributed by atoms with Crippen LogP contribution < -0.4 is 5.73 Å². The Kier molecular flexibility index (Phi) is 3.61. The summed E-state index contributed by atoms with van der Waals surface area (Å²) >= 11 is 0. The van der Waals surface area contributed by atoms with Crippen LogP contribution >= 0.6 is 0 Å². The molecule has 0 spiro atoms. The maximum absolute atomic E-state index is 8.07. The molecule has 0 saturated heterocycles. The smallest absolute Gasteiger partial charge is 0.0880 e. The SMILES string of the molecule is Cc1cc(C)c(N)c(C#CCN=[N+]=[N-])c1. The highest BCUT2D eigenvalue weighted by Crippen LogP contribution is 2.17. The number of nitrogens with zero attached hydrogens (tertiary/aromatic N) is 3. The summed E-state index contributed by atoms with van der Waals surface area (Å²) in [6, 6.07) is 3.93. The van der Waals surface area contributed by atoms with Gasteiger partial charge in [-0.2, -0.15) is 0 Å². The molecule has 0 radical (unpaired) electrons. The molecule has 0 aromatic heterocycles. The number of aryl methyl sites for hydroxylation is 2. The van der Waals surface area contributed by atoms with E-state index in [-0.39, 0.29) is 6.54 Å². The van der Waals surface area contributed by atoms with E-state index in [1.165, 1.54) is 0 Å². The molecule has 0 atom stereocenters. The molecule has 0 heterocycles. The van der Waals surface area contributed by atoms with E-state index in [1.54, 1.807) is 0 Å². The fraction of sp³-hybridized carbons (Fsp3) is 0.273. The first-order valence-electron chi connectivity index (χ1n) is 4.51. The largest absolute Gasteiger partial charge is 0.398 e. The lowest BCUT2D eigenvalue weighted by atomic mass is 10.0.